The molecule has 0 aliphatic heterocycles. The quantitative estimate of drug-likeness (QED) is 0.758. The van der Waals surface area contributed by atoms with Crippen LogP contribution in [0.15, 0.2) is 45.9 Å². The van der Waals surface area contributed by atoms with Gasteiger partial charge in [0.2, 0.25) is 5.95 Å². The van der Waals surface area contributed by atoms with Gasteiger partial charge in [-0.2, -0.15) is 0 Å². The van der Waals surface area contributed by atoms with E-state index in [4.69, 9.17) is 4.42 Å². The lowest BCUT2D eigenvalue weighted by Crippen LogP contribution is -2.20. The van der Waals surface area contributed by atoms with Gasteiger partial charge in [0.15, 0.2) is 0 Å². The van der Waals surface area contributed by atoms with Crippen LogP contribution in [-0.2, 0) is 12.8 Å². The highest BCUT2D eigenvalue weighted by Crippen LogP contribution is 2.23. The molecule has 22 heavy (non-hydrogen) atoms. The van der Waals surface area contributed by atoms with E-state index in [9.17, 15) is 4.79 Å². The Bertz CT molecular complexity index is 828. The number of nitrogens with zero attached hydrogens (tertiary/aromatic N) is 3. The number of nitrogens with one attached hydrogen (secondary N) is 2. The van der Waals surface area contributed by atoms with Gasteiger partial charge in [-0.05, 0) is 24.0 Å². The maximum Gasteiger partial charge on any atom is 0.434 e. The smallest absolute Gasteiger partial charge is 0.388 e. The van der Waals surface area contributed by atoms with Gasteiger partial charge in [0, 0.05) is 18.4 Å². The number of anilines is 1. The Morgan fingerprint density at radius 2 is 1.82 bits per heavy atom. The van der Waals surface area contributed by atoms with Gasteiger partial charge in [-0.15, -0.1) is 5.10 Å². The molecule has 0 atom stereocenters. The molecular formula is C15H13N5O2. The van der Waals surface area contributed by atoms with Gasteiger partial charge in [0.25, 0.3) is 5.89 Å². The number of benzene rings is 1. The van der Waals surface area contributed by atoms with Crippen LogP contribution in [0.5, 0.6) is 0 Å². The number of aromatic nitrogens is 4. The average molecular weight is 295 g/mol. The summed E-state index contributed by atoms with van der Waals surface area (Å²) in [7, 11) is 0. The molecule has 0 saturated heterocycles. The highest BCUT2D eigenvalue weighted by Gasteiger charge is 2.21. The Kier molecular flexibility index (Phi) is 2.96. The van der Waals surface area contributed by atoms with Crippen molar-refractivity contribution in [3.63, 3.8) is 0 Å². The molecule has 1 aliphatic carbocycles. The summed E-state index contributed by atoms with van der Waals surface area (Å²) < 4.78 is 4.86. The van der Waals surface area contributed by atoms with Crippen LogP contribution in [0.4, 0.5) is 5.95 Å². The second kappa shape index (κ2) is 5.10. The third-order valence-corrected chi connectivity index (χ3v) is 3.72. The molecule has 7 heteroatoms. The first-order valence-corrected chi connectivity index (χ1v) is 6.99. The number of hydrogen-bond donors (Lipinski definition) is 2. The summed E-state index contributed by atoms with van der Waals surface area (Å²) in [4.78, 5) is 19.4. The van der Waals surface area contributed by atoms with Crippen molar-refractivity contribution < 1.29 is 4.42 Å². The Balaban J connectivity index is 1.47. The van der Waals surface area contributed by atoms with E-state index in [2.05, 4.69) is 49.7 Å². The number of rotatable bonds is 3. The maximum atomic E-state index is 10.9. The van der Waals surface area contributed by atoms with Crippen LogP contribution in [0.1, 0.15) is 11.1 Å². The SMILES string of the molecule is O=c1[nH]nc(-c2cnc(NC3Cc4ccccc4C3)nc2)o1. The van der Waals surface area contributed by atoms with Crippen LogP contribution in [-0.4, -0.2) is 26.2 Å². The molecule has 0 spiro atoms. The molecule has 0 unspecified atom stereocenters. The summed E-state index contributed by atoms with van der Waals surface area (Å²) in [5.41, 5.74) is 3.29. The van der Waals surface area contributed by atoms with Crippen molar-refractivity contribution in [1.29, 1.82) is 0 Å². The lowest BCUT2D eigenvalue weighted by molar-refractivity contribution is 0.526. The van der Waals surface area contributed by atoms with E-state index in [0.29, 0.717) is 17.6 Å². The molecule has 0 bridgehead atoms. The molecule has 2 aromatic heterocycles. The molecule has 4 rings (SSSR count). The van der Waals surface area contributed by atoms with E-state index in [-0.39, 0.29) is 5.89 Å². The van der Waals surface area contributed by atoms with Crippen LogP contribution in [0.2, 0.25) is 0 Å². The van der Waals surface area contributed by atoms with Gasteiger partial charge in [-0.3, -0.25) is 0 Å². The zero-order chi connectivity index (χ0) is 14.9. The Morgan fingerprint density at radius 3 is 2.41 bits per heavy atom. The van der Waals surface area contributed by atoms with Gasteiger partial charge in [-0.1, -0.05) is 24.3 Å². The fourth-order valence-electron chi connectivity index (χ4n) is 2.71. The third-order valence-electron chi connectivity index (χ3n) is 3.72. The maximum absolute atomic E-state index is 10.9. The Labute approximate surface area is 125 Å². The lowest BCUT2D eigenvalue weighted by Gasteiger charge is -2.11. The highest BCUT2D eigenvalue weighted by molar-refractivity contribution is 5.50. The topological polar surface area (TPSA) is 96.7 Å². The predicted molar refractivity (Wildman–Crippen MR) is 79.4 cm³/mol. The highest BCUT2D eigenvalue weighted by atomic mass is 16.4. The minimum atomic E-state index is -0.596. The summed E-state index contributed by atoms with van der Waals surface area (Å²) in [5, 5.41) is 9.28. The summed E-state index contributed by atoms with van der Waals surface area (Å²) in [6.07, 6.45) is 5.10. The van der Waals surface area contributed by atoms with E-state index in [1.54, 1.807) is 12.4 Å². The number of fused-ring (bicyclic) bond motifs is 1. The monoisotopic (exact) mass is 295 g/mol. The standard InChI is InChI=1S/C15H13N5O2/c21-15-20-19-13(22-15)11-7-16-14(17-8-11)18-12-5-9-3-1-2-4-10(9)6-12/h1-4,7-8,12H,5-6H2,(H,20,21)(H,16,17,18). The van der Waals surface area contributed by atoms with Gasteiger partial charge in [0.1, 0.15) is 0 Å². The average Bonchev–Trinajstić information content (AvgIpc) is 3.13. The molecule has 1 aromatic carbocycles. The summed E-state index contributed by atoms with van der Waals surface area (Å²) in [6.45, 7) is 0. The van der Waals surface area contributed by atoms with Gasteiger partial charge >= 0.3 is 5.76 Å². The molecule has 7 nitrogen and oxygen atoms in total. The normalized spacial score (nSPS) is 14.0. The van der Waals surface area contributed by atoms with Crippen molar-refractivity contribution in [3.8, 4) is 11.5 Å². The van der Waals surface area contributed by atoms with E-state index in [1.807, 2.05) is 0 Å². The first kappa shape index (κ1) is 12.8. The van der Waals surface area contributed by atoms with E-state index in [1.165, 1.54) is 11.1 Å². The van der Waals surface area contributed by atoms with Crippen LogP contribution in [0.25, 0.3) is 11.5 Å². The molecule has 0 saturated carbocycles. The van der Waals surface area contributed by atoms with Gasteiger partial charge in [0.05, 0.1) is 5.56 Å². The second-order valence-electron chi connectivity index (χ2n) is 5.23. The first-order valence-electron chi connectivity index (χ1n) is 6.99. The van der Waals surface area contributed by atoms with Crippen molar-refractivity contribution in [2.45, 2.75) is 18.9 Å². The summed E-state index contributed by atoms with van der Waals surface area (Å²) >= 11 is 0. The van der Waals surface area contributed by atoms with Crippen molar-refractivity contribution in [1.82, 2.24) is 20.2 Å². The fourth-order valence-corrected chi connectivity index (χ4v) is 2.71. The minimum Gasteiger partial charge on any atom is -0.388 e. The molecule has 2 heterocycles. The third kappa shape index (κ3) is 2.37. The minimum absolute atomic E-state index is 0.185. The molecule has 3 aromatic rings. The zero-order valence-electron chi connectivity index (χ0n) is 11.6. The fraction of sp³-hybridized carbons (Fsp3) is 0.200. The molecule has 0 radical (unpaired) electrons. The molecular weight excluding hydrogens is 282 g/mol. The molecule has 110 valence electrons. The molecule has 0 amide bonds. The van der Waals surface area contributed by atoms with Crippen LogP contribution >= 0.6 is 0 Å². The van der Waals surface area contributed by atoms with Crippen molar-refractivity contribution >= 4 is 5.95 Å². The van der Waals surface area contributed by atoms with Crippen LogP contribution in [0.3, 0.4) is 0 Å². The van der Waals surface area contributed by atoms with E-state index >= 15 is 0 Å². The first-order chi connectivity index (χ1) is 10.8. The van der Waals surface area contributed by atoms with Crippen LogP contribution in [0, 0.1) is 0 Å². The molecule has 0 fully saturated rings. The summed E-state index contributed by atoms with van der Waals surface area (Å²) in [5.74, 6) is 0.144. The van der Waals surface area contributed by atoms with Gasteiger partial charge in [-0.25, -0.2) is 19.9 Å². The number of hydrogen-bond acceptors (Lipinski definition) is 6. The second-order valence-corrected chi connectivity index (χ2v) is 5.23. The van der Waals surface area contributed by atoms with Crippen molar-refractivity contribution in [3.05, 3.63) is 58.3 Å². The lowest BCUT2D eigenvalue weighted by atomic mass is 10.1. The number of H-pyrrole nitrogens is 1. The van der Waals surface area contributed by atoms with Crippen molar-refractivity contribution in [2.24, 2.45) is 0 Å². The Morgan fingerprint density at radius 1 is 1.14 bits per heavy atom. The largest absolute Gasteiger partial charge is 0.434 e. The van der Waals surface area contributed by atoms with Gasteiger partial charge < -0.3 is 9.73 Å². The summed E-state index contributed by atoms with van der Waals surface area (Å²) in [6, 6.07) is 8.72. The zero-order valence-corrected chi connectivity index (χ0v) is 11.6. The van der Waals surface area contributed by atoms with E-state index < -0.39 is 5.76 Å². The number of aromatic amines is 1. The van der Waals surface area contributed by atoms with E-state index in [0.717, 1.165) is 12.8 Å². The molecule has 1 aliphatic rings. The Hall–Kier alpha value is -2.96. The predicted octanol–water partition coefficient (Wildman–Crippen LogP) is 1.40. The van der Waals surface area contributed by atoms with Crippen molar-refractivity contribution in [2.75, 3.05) is 5.32 Å². The molecule has 2 N–H and O–H groups in total. The van der Waals surface area contributed by atoms with Crippen LogP contribution < -0.4 is 11.1 Å².